The number of pyridine rings is 1. The van der Waals surface area contributed by atoms with E-state index in [0.29, 0.717) is 5.39 Å². The first-order valence-electron chi connectivity index (χ1n) is 8.21. The van der Waals surface area contributed by atoms with Crippen LogP contribution in [-0.4, -0.2) is 13.4 Å². The van der Waals surface area contributed by atoms with Gasteiger partial charge in [0.15, 0.2) is 0 Å². The van der Waals surface area contributed by atoms with Gasteiger partial charge in [0.25, 0.3) is 0 Å². The summed E-state index contributed by atoms with van der Waals surface area (Å²) in [7, 11) is -4.17. The van der Waals surface area contributed by atoms with Crippen LogP contribution in [0.2, 0.25) is 0 Å². The summed E-state index contributed by atoms with van der Waals surface area (Å²) in [5, 5.41) is 0.337. The number of hydrogen-bond acceptors (Lipinski definition) is 3. The van der Waals surface area contributed by atoms with E-state index in [1.807, 2.05) is 0 Å². The van der Waals surface area contributed by atoms with Gasteiger partial charge in [-0.2, -0.15) is 0 Å². The molecule has 0 aliphatic rings. The number of benzene rings is 3. The molecule has 28 heavy (non-hydrogen) atoms. The molecular formula is C21H12F3NO2S. The highest BCUT2D eigenvalue weighted by Crippen LogP contribution is 2.36. The highest BCUT2D eigenvalue weighted by molar-refractivity contribution is 7.91. The van der Waals surface area contributed by atoms with Crippen LogP contribution in [0.3, 0.4) is 0 Å². The lowest BCUT2D eigenvalue weighted by atomic mass is 10.0. The average Bonchev–Trinajstić information content (AvgIpc) is 2.67. The number of rotatable bonds is 3. The first kappa shape index (κ1) is 18.2. The molecule has 0 unspecified atom stereocenters. The van der Waals surface area contributed by atoms with Crippen molar-refractivity contribution in [1.82, 2.24) is 4.98 Å². The summed E-state index contributed by atoms with van der Waals surface area (Å²) in [4.78, 5) is 3.58. The molecule has 4 rings (SSSR count). The normalized spacial score (nSPS) is 11.7. The summed E-state index contributed by atoms with van der Waals surface area (Å²) in [5.41, 5.74) is 0.681. The monoisotopic (exact) mass is 399 g/mol. The molecule has 0 spiro atoms. The maximum Gasteiger partial charge on any atom is 0.208 e. The number of fused-ring (bicyclic) bond motifs is 1. The summed E-state index contributed by atoms with van der Waals surface area (Å²) >= 11 is 0. The molecule has 0 radical (unpaired) electrons. The molecule has 0 N–H and O–H groups in total. The van der Waals surface area contributed by atoms with E-state index in [1.165, 1.54) is 42.5 Å². The molecule has 7 heteroatoms. The van der Waals surface area contributed by atoms with Crippen LogP contribution in [0.5, 0.6) is 0 Å². The van der Waals surface area contributed by atoms with Crippen LogP contribution in [0, 0.1) is 17.5 Å². The SMILES string of the molecule is O=S(=O)(c1cccc(F)c1)c1cnc2cc(F)ccc2c1-c1cccc(F)c1. The van der Waals surface area contributed by atoms with Crippen molar-refractivity contribution in [2.45, 2.75) is 9.79 Å². The second-order valence-corrected chi connectivity index (χ2v) is 8.05. The molecule has 0 atom stereocenters. The zero-order valence-corrected chi connectivity index (χ0v) is 15.1. The van der Waals surface area contributed by atoms with Gasteiger partial charge in [0, 0.05) is 23.2 Å². The van der Waals surface area contributed by atoms with Gasteiger partial charge < -0.3 is 0 Å². The fraction of sp³-hybridized carbons (Fsp3) is 0. The van der Waals surface area contributed by atoms with Gasteiger partial charge in [-0.25, -0.2) is 21.6 Å². The standard InChI is InChI=1S/C21H12F3NO2S/c22-14-4-1-3-13(9-14)21-18-8-7-16(24)11-19(18)25-12-20(21)28(26,27)17-6-2-5-15(23)10-17/h1-12H. The van der Waals surface area contributed by atoms with Crippen LogP contribution in [0.1, 0.15) is 0 Å². The van der Waals surface area contributed by atoms with Crippen molar-refractivity contribution in [1.29, 1.82) is 0 Å². The van der Waals surface area contributed by atoms with E-state index >= 15 is 0 Å². The molecule has 0 aliphatic carbocycles. The van der Waals surface area contributed by atoms with Gasteiger partial charge in [-0.1, -0.05) is 18.2 Å². The van der Waals surface area contributed by atoms with Gasteiger partial charge in [-0.15, -0.1) is 0 Å². The minimum absolute atomic E-state index is 0.175. The van der Waals surface area contributed by atoms with Crippen molar-refractivity contribution in [3.63, 3.8) is 0 Å². The molecule has 0 amide bonds. The molecule has 0 aliphatic heterocycles. The summed E-state index contributed by atoms with van der Waals surface area (Å²) in [6.45, 7) is 0. The Bertz CT molecular complexity index is 1320. The number of nitrogens with zero attached hydrogens (tertiary/aromatic N) is 1. The summed E-state index contributed by atoms with van der Waals surface area (Å²) in [5.74, 6) is -1.80. The molecule has 0 fully saturated rings. The van der Waals surface area contributed by atoms with Crippen LogP contribution in [0.15, 0.2) is 82.7 Å². The van der Waals surface area contributed by atoms with Gasteiger partial charge >= 0.3 is 0 Å². The van der Waals surface area contributed by atoms with E-state index in [-0.39, 0.29) is 26.4 Å². The molecule has 1 heterocycles. The Labute approximate surface area is 159 Å². The van der Waals surface area contributed by atoms with Gasteiger partial charge in [0.1, 0.15) is 17.5 Å². The predicted molar refractivity (Wildman–Crippen MR) is 98.9 cm³/mol. The van der Waals surface area contributed by atoms with E-state index in [4.69, 9.17) is 0 Å². The van der Waals surface area contributed by atoms with Crippen LogP contribution in [0.4, 0.5) is 13.2 Å². The highest BCUT2D eigenvalue weighted by Gasteiger charge is 2.25. The Hall–Kier alpha value is -3.19. The Morgan fingerprint density at radius 2 is 1.43 bits per heavy atom. The Kier molecular flexibility index (Phi) is 4.39. The van der Waals surface area contributed by atoms with E-state index in [2.05, 4.69) is 4.98 Å². The number of hydrogen-bond donors (Lipinski definition) is 0. The van der Waals surface area contributed by atoms with Crippen molar-refractivity contribution < 1.29 is 21.6 Å². The van der Waals surface area contributed by atoms with E-state index in [9.17, 15) is 21.6 Å². The molecule has 3 nitrogen and oxygen atoms in total. The van der Waals surface area contributed by atoms with Crippen LogP contribution < -0.4 is 0 Å². The fourth-order valence-corrected chi connectivity index (χ4v) is 4.52. The predicted octanol–water partition coefficient (Wildman–Crippen LogP) is 5.15. The molecular weight excluding hydrogens is 387 g/mol. The maximum atomic E-state index is 13.8. The minimum Gasteiger partial charge on any atom is -0.255 e. The Balaban J connectivity index is 2.09. The minimum atomic E-state index is -4.17. The molecule has 1 aromatic heterocycles. The summed E-state index contributed by atoms with van der Waals surface area (Å²) < 4.78 is 67.5. The van der Waals surface area contributed by atoms with E-state index in [0.717, 1.165) is 24.4 Å². The largest absolute Gasteiger partial charge is 0.255 e. The van der Waals surface area contributed by atoms with Crippen molar-refractivity contribution >= 4 is 20.7 Å². The Morgan fingerprint density at radius 3 is 2.14 bits per heavy atom. The maximum absolute atomic E-state index is 13.8. The van der Waals surface area contributed by atoms with Crippen LogP contribution in [0.25, 0.3) is 22.0 Å². The first-order valence-corrected chi connectivity index (χ1v) is 9.69. The van der Waals surface area contributed by atoms with Gasteiger partial charge in [0.2, 0.25) is 9.84 Å². The third-order valence-corrected chi connectivity index (χ3v) is 6.07. The number of halogens is 3. The number of aromatic nitrogens is 1. The van der Waals surface area contributed by atoms with E-state index in [1.54, 1.807) is 6.07 Å². The van der Waals surface area contributed by atoms with E-state index < -0.39 is 27.3 Å². The van der Waals surface area contributed by atoms with Gasteiger partial charge in [0.05, 0.1) is 15.3 Å². The average molecular weight is 399 g/mol. The lowest BCUT2D eigenvalue weighted by Crippen LogP contribution is -2.06. The molecule has 3 aromatic carbocycles. The topological polar surface area (TPSA) is 47.0 Å². The second kappa shape index (κ2) is 6.76. The van der Waals surface area contributed by atoms with Crippen LogP contribution >= 0.6 is 0 Å². The lowest BCUT2D eigenvalue weighted by molar-refractivity contribution is 0.591. The summed E-state index contributed by atoms with van der Waals surface area (Å²) in [6.07, 6.45) is 1.09. The second-order valence-electron chi connectivity index (χ2n) is 6.13. The van der Waals surface area contributed by atoms with Crippen molar-refractivity contribution in [3.8, 4) is 11.1 Å². The smallest absolute Gasteiger partial charge is 0.208 e. The van der Waals surface area contributed by atoms with Crippen molar-refractivity contribution in [2.24, 2.45) is 0 Å². The quantitative estimate of drug-likeness (QED) is 0.479. The highest BCUT2D eigenvalue weighted by atomic mass is 32.2. The lowest BCUT2D eigenvalue weighted by Gasteiger charge is -2.14. The first-order chi connectivity index (χ1) is 13.4. The van der Waals surface area contributed by atoms with Crippen molar-refractivity contribution in [3.05, 3.63) is 90.4 Å². The third kappa shape index (κ3) is 3.14. The summed E-state index contributed by atoms with van der Waals surface area (Å²) in [6, 6.07) is 13.7. The zero-order valence-electron chi connectivity index (χ0n) is 14.2. The molecule has 0 saturated carbocycles. The molecule has 4 aromatic rings. The van der Waals surface area contributed by atoms with Crippen LogP contribution in [-0.2, 0) is 9.84 Å². The van der Waals surface area contributed by atoms with Gasteiger partial charge in [-0.05, 0) is 48.0 Å². The van der Waals surface area contributed by atoms with Crippen molar-refractivity contribution in [2.75, 3.05) is 0 Å². The number of sulfone groups is 1. The molecule has 140 valence electrons. The Morgan fingerprint density at radius 1 is 0.750 bits per heavy atom. The fourth-order valence-electron chi connectivity index (χ4n) is 3.06. The molecule has 0 saturated heterocycles. The third-order valence-electron chi connectivity index (χ3n) is 4.31. The molecule has 0 bridgehead atoms. The van der Waals surface area contributed by atoms with Gasteiger partial charge in [-0.3, -0.25) is 4.98 Å². The zero-order chi connectivity index (χ0) is 19.9.